The molecule has 1 aliphatic carbocycles. The third-order valence-electron chi connectivity index (χ3n) is 5.92. The zero-order valence-electron chi connectivity index (χ0n) is 16.1. The number of aryl methyl sites for hydroxylation is 4. The first-order valence-electron chi connectivity index (χ1n) is 9.51. The van der Waals surface area contributed by atoms with Crippen LogP contribution in [-0.2, 0) is 19.9 Å². The van der Waals surface area contributed by atoms with Gasteiger partial charge in [0.1, 0.15) is 7.05 Å². The zero-order valence-corrected chi connectivity index (χ0v) is 16.1. The largest absolute Gasteiger partial charge is 0.220 e. The molecule has 0 radical (unpaired) electrons. The van der Waals surface area contributed by atoms with E-state index in [1.54, 1.807) is 11.1 Å². The van der Waals surface area contributed by atoms with Crippen LogP contribution in [0.5, 0.6) is 0 Å². The first-order valence-corrected chi connectivity index (χ1v) is 9.51. The van der Waals surface area contributed by atoms with Crippen LogP contribution in [0.1, 0.15) is 54.1 Å². The van der Waals surface area contributed by atoms with E-state index in [4.69, 9.17) is 0 Å². The molecule has 128 valence electrons. The molecule has 0 aliphatic heterocycles. The van der Waals surface area contributed by atoms with E-state index >= 15 is 0 Å². The van der Waals surface area contributed by atoms with Crippen molar-refractivity contribution in [1.82, 2.24) is 0 Å². The van der Waals surface area contributed by atoms with Gasteiger partial charge in [0, 0.05) is 13.0 Å². The molecule has 4 rings (SSSR count). The summed E-state index contributed by atoms with van der Waals surface area (Å²) in [6.45, 7) is 9.02. The number of hydrogen-bond acceptors (Lipinski definition) is 0. The van der Waals surface area contributed by atoms with Crippen LogP contribution in [0.25, 0.3) is 22.0 Å². The number of aromatic nitrogens is 1. The van der Waals surface area contributed by atoms with Crippen molar-refractivity contribution in [3.63, 3.8) is 0 Å². The molecule has 3 aromatic rings. The van der Waals surface area contributed by atoms with E-state index in [2.05, 4.69) is 75.7 Å². The molecule has 0 N–H and O–H groups in total. The van der Waals surface area contributed by atoms with Crippen LogP contribution in [0.2, 0.25) is 0 Å². The molecule has 25 heavy (non-hydrogen) atoms. The fourth-order valence-electron chi connectivity index (χ4n) is 4.28. The van der Waals surface area contributed by atoms with Crippen molar-refractivity contribution in [3.8, 4) is 11.3 Å². The lowest BCUT2D eigenvalue weighted by atomic mass is 9.93. The summed E-state index contributed by atoms with van der Waals surface area (Å²) in [5, 5.41) is 2.72. The van der Waals surface area contributed by atoms with Crippen molar-refractivity contribution in [1.29, 1.82) is 0 Å². The number of nitrogens with zero attached hydrogens (tertiary/aromatic N) is 1. The van der Waals surface area contributed by atoms with Gasteiger partial charge in [-0.25, -0.2) is 0 Å². The Balaban J connectivity index is 2.03. The zero-order chi connectivity index (χ0) is 17.7. The van der Waals surface area contributed by atoms with Crippen LogP contribution in [0.3, 0.4) is 0 Å². The second kappa shape index (κ2) is 5.98. The van der Waals surface area contributed by atoms with Gasteiger partial charge in [-0.15, -0.1) is 0 Å². The average molecular weight is 330 g/mol. The molecule has 1 nitrogen and oxygen atoms in total. The monoisotopic (exact) mass is 330 g/mol. The Labute approximate surface area is 151 Å². The molecule has 0 atom stereocenters. The van der Waals surface area contributed by atoms with Crippen LogP contribution in [0, 0.1) is 13.8 Å². The van der Waals surface area contributed by atoms with Crippen LogP contribution in [0.15, 0.2) is 36.4 Å². The van der Waals surface area contributed by atoms with E-state index in [9.17, 15) is 0 Å². The Kier molecular flexibility index (Phi) is 3.91. The predicted molar refractivity (Wildman–Crippen MR) is 106 cm³/mol. The molecule has 0 fully saturated rings. The van der Waals surface area contributed by atoms with E-state index in [1.165, 1.54) is 58.1 Å². The SMILES string of the molecule is Cc1cc2c(cc1-c1c3ccc(C(C)C)cc3cc(C)[n+]1C)CCC2. The van der Waals surface area contributed by atoms with Crippen molar-refractivity contribution >= 4 is 10.8 Å². The lowest BCUT2D eigenvalue weighted by Crippen LogP contribution is -2.35. The summed E-state index contributed by atoms with van der Waals surface area (Å²) < 4.78 is 2.36. The summed E-state index contributed by atoms with van der Waals surface area (Å²) in [5.74, 6) is 0.559. The number of pyridine rings is 1. The first-order chi connectivity index (χ1) is 12.0. The minimum Gasteiger partial charge on any atom is -0.198 e. The van der Waals surface area contributed by atoms with Crippen molar-refractivity contribution in [2.24, 2.45) is 7.05 Å². The molecule has 1 aliphatic rings. The van der Waals surface area contributed by atoms with Crippen LogP contribution < -0.4 is 4.57 Å². The predicted octanol–water partition coefficient (Wildman–Crippen LogP) is 5.56. The van der Waals surface area contributed by atoms with Gasteiger partial charge in [0.15, 0.2) is 5.69 Å². The Morgan fingerprint density at radius 2 is 1.64 bits per heavy atom. The molecule has 1 heterocycles. The lowest BCUT2D eigenvalue weighted by Gasteiger charge is -2.13. The molecule has 0 saturated carbocycles. The molecule has 1 heteroatoms. The van der Waals surface area contributed by atoms with E-state index in [-0.39, 0.29) is 0 Å². The van der Waals surface area contributed by atoms with Gasteiger partial charge in [0.2, 0.25) is 5.69 Å². The Hall–Kier alpha value is -2.15. The smallest absolute Gasteiger partial charge is 0.198 e. The second-order valence-electron chi connectivity index (χ2n) is 7.98. The molecule has 0 bridgehead atoms. The van der Waals surface area contributed by atoms with Crippen molar-refractivity contribution in [3.05, 3.63) is 64.3 Å². The maximum Gasteiger partial charge on any atom is 0.220 e. The summed E-state index contributed by atoms with van der Waals surface area (Å²) in [5.41, 5.74) is 9.99. The summed E-state index contributed by atoms with van der Waals surface area (Å²) in [6, 6.07) is 14.2. The normalized spacial score (nSPS) is 13.7. The number of fused-ring (bicyclic) bond motifs is 2. The first kappa shape index (κ1) is 16.3. The summed E-state index contributed by atoms with van der Waals surface area (Å²) in [4.78, 5) is 0. The molecular formula is C24H28N+. The van der Waals surface area contributed by atoms with E-state index in [0.29, 0.717) is 5.92 Å². The summed E-state index contributed by atoms with van der Waals surface area (Å²) in [7, 11) is 2.20. The molecule has 0 unspecified atom stereocenters. The summed E-state index contributed by atoms with van der Waals surface area (Å²) in [6.07, 6.45) is 3.78. The fourth-order valence-corrected chi connectivity index (χ4v) is 4.28. The van der Waals surface area contributed by atoms with Gasteiger partial charge in [-0.2, -0.15) is 4.57 Å². The van der Waals surface area contributed by atoms with Gasteiger partial charge in [-0.05, 0) is 71.9 Å². The standard InChI is InChI=1S/C24H28N/c1-15(2)18-9-10-22-21(13-18)12-17(4)25(5)24(22)23-14-20-8-6-7-19(20)11-16(23)3/h9-15H,6-8H2,1-5H3/q+1. The molecule has 0 saturated heterocycles. The van der Waals surface area contributed by atoms with E-state index < -0.39 is 0 Å². The highest BCUT2D eigenvalue weighted by Crippen LogP contribution is 2.34. The second-order valence-corrected chi connectivity index (χ2v) is 7.98. The van der Waals surface area contributed by atoms with Gasteiger partial charge >= 0.3 is 0 Å². The topological polar surface area (TPSA) is 3.88 Å². The fraction of sp³-hybridized carbons (Fsp3) is 0.375. The third kappa shape index (κ3) is 2.66. The summed E-state index contributed by atoms with van der Waals surface area (Å²) >= 11 is 0. The molecule has 1 aromatic heterocycles. The maximum atomic E-state index is 2.46. The molecule has 0 spiro atoms. The van der Waals surface area contributed by atoms with Crippen molar-refractivity contribution < 1.29 is 4.57 Å². The van der Waals surface area contributed by atoms with Crippen molar-refractivity contribution in [2.45, 2.75) is 52.9 Å². The highest BCUT2D eigenvalue weighted by Gasteiger charge is 2.22. The van der Waals surface area contributed by atoms with Crippen LogP contribution >= 0.6 is 0 Å². The van der Waals surface area contributed by atoms with E-state index in [1.807, 2.05) is 0 Å². The van der Waals surface area contributed by atoms with Gasteiger partial charge in [0.05, 0.1) is 10.9 Å². The third-order valence-corrected chi connectivity index (χ3v) is 5.92. The minimum atomic E-state index is 0.559. The lowest BCUT2D eigenvalue weighted by molar-refractivity contribution is -0.665. The number of benzene rings is 2. The Bertz CT molecular complexity index is 979. The van der Waals surface area contributed by atoms with Crippen LogP contribution in [0.4, 0.5) is 0 Å². The van der Waals surface area contributed by atoms with Crippen LogP contribution in [-0.4, -0.2) is 0 Å². The number of rotatable bonds is 2. The highest BCUT2D eigenvalue weighted by molar-refractivity contribution is 5.94. The quantitative estimate of drug-likeness (QED) is 0.542. The number of hydrogen-bond donors (Lipinski definition) is 0. The van der Waals surface area contributed by atoms with Gasteiger partial charge in [-0.3, -0.25) is 0 Å². The molecular weight excluding hydrogens is 302 g/mol. The van der Waals surface area contributed by atoms with Crippen molar-refractivity contribution in [2.75, 3.05) is 0 Å². The Morgan fingerprint density at radius 3 is 2.36 bits per heavy atom. The van der Waals surface area contributed by atoms with Gasteiger partial charge < -0.3 is 0 Å². The van der Waals surface area contributed by atoms with E-state index in [0.717, 1.165) is 0 Å². The average Bonchev–Trinajstić information content (AvgIpc) is 3.02. The maximum absolute atomic E-state index is 2.46. The Morgan fingerprint density at radius 1 is 0.920 bits per heavy atom. The van der Waals surface area contributed by atoms with Gasteiger partial charge in [0.25, 0.3) is 0 Å². The highest BCUT2D eigenvalue weighted by atomic mass is 14.9. The van der Waals surface area contributed by atoms with Gasteiger partial charge in [-0.1, -0.05) is 32.0 Å². The minimum absolute atomic E-state index is 0.559. The molecule has 0 amide bonds. The molecule has 2 aromatic carbocycles.